The molecule has 0 unspecified atom stereocenters. The highest BCUT2D eigenvalue weighted by atomic mass is 32.1. The maximum absolute atomic E-state index is 5.90. The van der Waals surface area contributed by atoms with Crippen molar-refractivity contribution in [1.29, 1.82) is 0 Å². The molecule has 0 fully saturated rings. The first kappa shape index (κ1) is 17.6. The third-order valence-electron chi connectivity index (χ3n) is 4.27. The molecule has 0 bridgehead atoms. The van der Waals surface area contributed by atoms with Gasteiger partial charge in [0, 0.05) is 22.5 Å². The lowest BCUT2D eigenvalue weighted by Gasteiger charge is -2.11. The number of aromatic nitrogens is 1. The predicted molar refractivity (Wildman–Crippen MR) is 106 cm³/mol. The minimum absolute atomic E-state index is 0.514. The van der Waals surface area contributed by atoms with E-state index >= 15 is 0 Å². The van der Waals surface area contributed by atoms with Gasteiger partial charge in [-0.15, -0.1) is 11.3 Å². The summed E-state index contributed by atoms with van der Waals surface area (Å²) in [6.07, 6.45) is 0.992. The molecule has 0 aliphatic carbocycles. The number of nitrogens with two attached hydrogens (primary N) is 1. The SMILES string of the molecule is CCOc1ccc(CC)cc1-c1nc(-c2ccccc2CN)sc1C. The summed E-state index contributed by atoms with van der Waals surface area (Å²) in [6, 6.07) is 14.6. The molecule has 2 aromatic carbocycles. The molecule has 0 aliphatic rings. The van der Waals surface area contributed by atoms with Crippen LogP contribution < -0.4 is 10.5 Å². The van der Waals surface area contributed by atoms with E-state index in [2.05, 4.69) is 44.2 Å². The molecule has 0 atom stereocenters. The second kappa shape index (κ2) is 7.81. The molecule has 4 heteroatoms. The second-order valence-corrected chi connectivity index (χ2v) is 7.11. The van der Waals surface area contributed by atoms with Gasteiger partial charge in [0.05, 0.1) is 12.3 Å². The van der Waals surface area contributed by atoms with Gasteiger partial charge in [0.2, 0.25) is 0 Å². The van der Waals surface area contributed by atoms with E-state index in [1.54, 1.807) is 11.3 Å². The maximum atomic E-state index is 5.90. The summed E-state index contributed by atoms with van der Waals surface area (Å²) < 4.78 is 5.85. The van der Waals surface area contributed by atoms with E-state index in [1.807, 2.05) is 19.1 Å². The highest BCUT2D eigenvalue weighted by molar-refractivity contribution is 7.15. The van der Waals surface area contributed by atoms with Gasteiger partial charge in [0.25, 0.3) is 0 Å². The number of hydrogen-bond donors (Lipinski definition) is 1. The quantitative estimate of drug-likeness (QED) is 0.663. The molecule has 3 nitrogen and oxygen atoms in total. The summed E-state index contributed by atoms with van der Waals surface area (Å²) >= 11 is 1.71. The molecule has 130 valence electrons. The molecule has 1 aromatic heterocycles. The molecule has 0 saturated heterocycles. The molecule has 0 saturated carbocycles. The molecule has 2 N–H and O–H groups in total. The highest BCUT2D eigenvalue weighted by Gasteiger charge is 2.17. The van der Waals surface area contributed by atoms with Crippen molar-refractivity contribution in [2.24, 2.45) is 5.73 Å². The molecular formula is C21H24N2OS. The average Bonchev–Trinajstić information content (AvgIpc) is 3.03. The smallest absolute Gasteiger partial charge is 0.128 e. The molecule has 25 heavy (non-hydrogen) atoms. The number of hydrogen-bond acceptors (Lipinski definition) is 4. The summed E-state index contributed by atoms with van der Waals surface area (Å²) in [5.41, 5.74) is 11.5. The normalized spacial score (nSPS) is 10.9. The Kier molecular flexibility index (Phi) is 5.51. The summed E-state index contributed by atoms with van der Waals surface area (Å²) in [4.78, 5) is 6.15. The number of benzene rings is 2. The minimum Gasteiger partial charge on any atom is -0.493 e. The zero-order valence-electron chi connectivity index (χ0n) is 15.0. The first-order valence-electron chi connectivity index (χ1n) is 8.69. The Labute approximate surface area is 153 Å². The van der Waals surface area contributed by atoms with Crippen molar-refractivity contribution in [3.63, 3.8) is 0 Å². The van der Waals surface area contributed by atoms with Gasteiger partial charge < -0.3 is 10.5 Å². The van der Waals surface area contributed by atoms with E-state index in [0.29, 0.717) is 13.2 Å². The van der Waals surface area contributed by atoms with Crippen molar-refractivity contribution in [2.45, 2.75) is 33.7 Å². The van der Waals surface area contributed by atoms with Gasteiger partial charge in [0.1, 0.15) is 10.8 Å². The van der Waals surface area contributed by atoms with Crippen LogP contribution in [-0.4, -0.2) is 11.6 Å². The summed E-state index contributed by atoms with van der Waals surface area (Å²) in [5, 5.41) is 1.01. The lowest BCUT2D eigenvalue weighted by atomic mass is 10.0. The number of aryl methyl sites for hydroxylation is 2. The Balaban J connectivity index is 2.12. The van der Waals surface area contributed by atoms with E-state index in [1.165, 1.54) is 10.4 Å². The Hall–Kier alpha value is -2.17. The van der Waals surface area contributed by atoms with Crippen molar-refractivity contribution < 1.29 is 4.74 Å². The van der Waals surface area contributed by atoms with Crippen LogP contribution in [0.15, 0.2) is 42.5 Å². The van der Waals surface area contributed by atoms with Crippen molar-refractivity contribution in [3.8, 4) is 27.6 Å². The lowest BCUT2D eigenvalue weighted by Crippen LogP contribution is -1.98. The monoisotopic (exact) mass is 352 g/mol. The zero-order chi connectivity index (χ0) is 17.8. The van der Waals surface area contributed by atoms with Crippen LogP contribution in [0.25, 0.3) is 21.8 Å². The van der Waals surface area contributed by atoms with Crippen LogP contribution in [0, 0.1) is 6.92 Å². The van der Waals surface area contributed by atoms with Crippen LogP contribution in [0.4, 0.5) is 0 Å². The van der Waals surface area contributed by atoms with Crippen molar-refractivity contribution >= 4 is 11.3 Å². The van der Waals surface area contributed by atoms with Gasteiger partial charge in [-0.3, -0.25) is 0 Å². The third-order valence-corrected chi connectivity index (χ3v) is 5.28. The van der Waals surface area contributed by atoms with Crippen LogP contribution in [0.3, 0.4) is 0 Å². The minimum atomic E-state index is 0.514. The number of nitrogens with zero attached hydrogens (tertiary/aromatic N) is 1. The Morgan fingerprint density at radius 3 is 2.60 bits per heavy atom. The Morgan fingerprint density at radius 2 is 1.88 bits per heavy atom. The van der Waals surface area contributed by atoms with Gasteiger partial charge >= 0.3 is 0 Å². The average molecular weight is 353 g/mol. The molecule has 3 rings (SSSR count). The fourth-order valence-corrected chi connectivity index (χ4v) is 3.92. The van der Waals surface area contributed by atoms with Crippen LogP contribution in [0.2, 0.25) is 0 Å². The standard InChI is InChI=1S/C21H24N2OS/c1-4-15-10-11-19(24-5-2)18(12-15)20-14(3)25-21(23-20)17-9-7-6-8-16(17)13-22/h6-12H,4-5,13,22H2,1-3H3. The second-order valence-electron chi connectivity index (χ2n) is 5.90. The molecule has 3 aromatic rings. The third kappa shape index (κ3) is 3.60. The Morgan fingerprint density at radius 1 is 1.08 bits per heavy atom. The topological polar surface area (TPSA) is 48.1 Å². The maximum Gasteiger partial charge on any atom is 0.128 e. The van der Waals surface area contributed by atoms with E-state index in [4.69, 9.17) is 15.5 Å². The van der Waals surface area contributed by atoms with Crippen LogP contribution in [0.5, 0.6) is 5.75 Å². The van der Waals surface area contributed by atoms with Gasteiger partial charge in [-0.25, -0.2) is 4.98 Å². The van der Waals surface area contributed by atoms with E-state index < -0.39 is 0 Å². The first-order chi connectivity index (χ1) is 12.2. The Bertz CT molecular complexity index is 870. The highest BCUT2D eigenvalue weighted by Crippen LogP contribution is 2.38. The molecular weight excluding hydrogens is 328 g/mol. The molecule has 0 radical (unpaired) electrons. The van der Waals surface area contributed by atoms with Gasteiger partial charge in [-0.1, -0.05) is 37.3 Å². The first-order valence-corrected chi connectivity index (χ1v) is 9.51. The van der Waals surface area contributed by atoms with Crippen molar-refractivity contribution in [2.75, 3.05) is 6.61 Å². The summed E-state index contributed by atoms with van der Waals surface area (Å²) in [6.45, 7) is 7.45. The number of ether oxygens (including phenoxy) is 1. The fraction of sp³-hybridized carbons (Fsp3) is 0.286. The zero-order valence-corrected chi connectivity index (χ0v) is 15.8. The molecule has 0 amide bonds. The van der Waals surface area contributed by atoms with E-state index in [-0.39, 0.29) is 0 Å². The number of thiazole rings is 1. The summed E-state index contributed by atoms with van der Waals surface area (Å²) in [7, 11) is 0. The number of rotatable bonds is 6. The van der Waals surface area contributed by atoms with Crippen molar-refractivity contribution in [3.05, 3.63) is 58.5 Å². The van der Waals surface area contributed by atoms with Crippen LogP contribution in [0.1, 0.15) is 29.9 Å². The van der Waals surface area contributed by atoms with Gasteiger partial charge in [0.15, 0.2) is 0 Å². The molecule has 0 aliphatic heterocycles. The summed E-state index contributed by atoms with van der Waals surface area (Å²) in [5.74, 6) is 0.895. The van der Waals surface area contributed by atoms with Crippen molar-refractivity contribution in [1.82, 2.24) is 4.98 Å². The van der Waals surface area contributed by atoms with Gasteiger partial charge in [-0.05, 0) is 43.5 Å². The largest absolute Gasteiger partial charge is 0.493 e. The van der Waals surface area contributed by atoms with Gasteiger partial charge in [-0.2, -0.15) is 0 Å². The van der Waals surface area contributed by atoms with E-state index in [9.17, 15) is 0 Å². The predicted octanol–water partition coefficient (Wildman–Crippen LogP) is 5.21. The van der Waals surface area contributed by atoms with E-state index in [0.717, 1.165) is 39.6 Å². The van der Waals surface area contributed by atoms with Crippen LogP contribution >= 0.6 is 11.3 Å². The molecule has 1 heterocycles. The molecule has 0 spiro atoms. The fourth-order valence-electron chi connectivity index (χ4n) is 2.93. The lowest BCUT2D eigenvalue weighted by molar-refractivity contribution is 0.341. The van der Waals surface area contributed by atoms with Crippen LogP contribution in [-0.2, 0) is 13.0 Å².